The standard InChI is InChI=1S/C28H32N2O3S/c1-4-27(23-15-14-21-8-5-6-9-22(21)18-23)29-28(31)24-10-7-11-25(19-24)30(3)34(32,33)26-16-12-20(2)13-17-26/h7,10-19,27H,4-6,8-9H2,1-3H3,(H,29,31)/t27-/m1/s1. The van der Waals surface area contributed by atoms with E-state index in [9.17, 15) is 13.2 Å². The molecule has 1 N–H and O–H groups in total. The molecule has 0 saturated carbocycles. The van der Waals surface area contributed by atoms with Crippen LogP contribution < -0.4 is 9.62 Å². The Morgan fingerprint density at radius 1 is 0.971 bits per heavy atom. The van der Waals surface area contributed by atoms with Gasteiger partial charge in [0.2, 0.25) is 0 Å². The fourth-order valence-electron chi connectivity index (χ4n) is 4.48. The molecule has 1 atom stereocenters. The predicted molar refractivity (Wildman–Crippen MR) is 137 cm³/mol. The van der Waals surface area contributed by atoms with Crippen LogP contribution in [-0.4, -0.2) is 21.4 Å². The molecule has 0 fully saturated rings. The summed E-state index contributed by atoms with van der Waals surface area (Å²) in [5.41, 5.74) is 5.79. The third kappa shape index (κ3) is 5.02. The lowest BCUT2D eigenvalue weighted by Gasteiger charge is -2.23. The van der Waals surface area contributed by atoms with Gasteiger partial charge in [0.05, 0.1) is 16.6 Å². The molecule has 3 aromatic carbocycles. The Balaban J connectivity index is 1.53. The summed E-state index contributed by atoms with van der Waals surface area (Å²) in [6.45, 7) is 3.97. The van der Waals surface area contributed by atoms with Crippen LogP contribution in [0.2, 0.25) is 0 Å². The highest BCUT2D eigenvalue weighted by molar-refractivity contribution is 7.92. The van der Waals surface area contributed by atoms with Crippen LogP contribution in [0.4, 0.5) is 5.69 Å². The summed E-state index contributed by atoms with van der Waals surface area (Å²) in [5.74, 6) is -0.215. The highest BCUT2D eigenvalue weighted by Crippen LogP contribution is 2.27. The Morgan fingerprint density at radius 2 is 1.68 bits per heavy atom. The molecule has 0 aromatic heterocycles. The van der Waals surface area contributed by atoms with Gasteiger partial charge in [0.25, 0.3) is 15.9 Å². The molecule has 0 bridgehead atoms. The zero-order chi connectivity index (χ0) is 24.3. The van der Waals surface area contributed by atoms with Gasteiger partial charge in [0.1, 0.15) is 0 Å². The highest BCUT2D eigenvalue weighted by Gasteiger charge is 2.23. The lowest BCUT2D eigenvalue weighted by molar-refractivity contribution is 0.0935. The van der Waals surface area contributed by atoms with E-state index in [1.807, 2.05) is 6.92 Å². The maximum absolute atomic E-state index is 13.1. The van der Waals surface area contributed by atoms with Crippen LogP contribution in [0.3, 0.4) is 0 Å². The topological polar surface area (TPSA) is 66.5 Å². The molecule has 0 aliphatic heterocycles. The molecule has 0 heterocycles. The second kappa shape index (κ2) is 10.0. The second-order valence-electron chi connectivity index (χ2n) is 9.01. The zero-order valence-corrected chi connectivity index (χ0v) is 20.9. The lowest BCUT2D eigenvalue weighted by atomic mass is 9.88. The summed E-state index contributed by atoms with van der Waals surface area (Å²) in [5, 5.41) is 3.14. The van der Waals surface area contributed by atoms with E-state index in [0.717, 1.165) is 30.4 Å². The van der Waals surface area contributed by atoms with Gasteiger partial charge in [-0.3, -0.25) is 9.10 Å². The van der Waals surface area contributed by atoms with Crippen molar-refractivity contribution in [2.24, 2.45) is 0 Å². The van der Waals surface area contributed by atoms with Gasteiger partial charge in [-0.2, -0.15) is 0 Å². The minimum absolute atomic E-state index is 0.0996. The molecule has 5 nitrogen and oxygen atoms in total. The Morgan fingerprint density at radius 3 is 2.38 bits per heavy atom. The van der Waals surface area contributed by atoms with E-state index in [1.54, 1.807) is 48.5 Å². The maximum atomic E-state index is 13.1. The van der Waals surface area contributed by atoms with Crippen molar-refractivity contribution in [3.63, 3.8) is 0 Å². The van der Waals surface area contributed by atoms with E-state index in [-0.39, 0.29) is 16.8 Å². The predicted octanol–water partition coefficient (Wildman–Crippen LogP) is 5.58. The van der Waals surface area contributed by atoms with Gasteiger partial charge in [0.15, 0.2) is 0 Å². The molecule has 0 spiro atoms. The molecule has 0 saturated heterocycles. The van der Waals surface area contributed by atoms with Crippen molar-refractivity contribution in [3.05, 3.63) is 94.5 Å². The summed E-state index contributed by atoms with van der Waals surface area (Å²) in [6, 6.07) is 20.0. The third-order valence-corrected chi connectivity index (χ3v) is 8.44. The molecule has 0 unspecified atom stereocenters. The van der Waals surface area contributed by atoms with E-state index in [2.05, 4.69) is 30.4 Å². The third-order valence-electron chi connectivity index (χ3n) is 6.64. The number of benzene rings is 3. The zero-order valence-electron chi connectivity index (χ0n) is 20.0. The maximum Gasteiger partial charge on any atom is 0.264 e. The van der Waals surface area contributed by atoms with Crippen molar-refractivity contribution in [1.82, 2.24) is 5.32 Å². The normalized spacial score (nSPS) is 14.2. The summed E-state index contributed by atoms with van der Waals surface area (Å²) in [7, 11) is -2.22. The van der Waals surface area contributed by atoms with Gasteiger partial charge in [-0.05, 0) is 86.1 Å². The van der Waals surface area contributed by atoms with Gasteiger partial charge in [-0.1, -0.05) is 48.9 Å². The number of hydrogen-bond donors (Lipinski definition) is 1. The van der Waals surface area contributed by atoms with E-state index < -0.39 is 10.0 Å². The summed E-state index contributed by atoms with van der Waals surface area (Å²) in [6.07, 6.45) is 5.45. The summed E-state index contributed by atoms with van der Waals surface area (Å²) >= 11 is 0. The number of carbonyl (C=O) groups is 1. The van der Waals surface area contributed by atoms with Crippen LogP contribution in [0.1, 0.15) is 64.8 Å². The Hall–Kier alpha value is -3.12. The number of anilines is 1. The van der Waals surface area contributed by atoms with Crippen LogP contribution >= 0.6 is 0 Å². The van der Waals surface area contributed by atoms with E-state index in [4.69, 9.17) is 0 Å². The first-order valence-electron chi connectivity index (χ1n) is 11.9. The molecule has 0 radical (unpaired) electrons. The number of rotatable bonds is 7. The fourth-order valence-corrected chi connectivity index (χ4v) is 5.67. The average Bonchev–Trinajstić information content (AvgIpc) is 2.86. The van der Waals surface area contributed by atoms with Crippen molar-refractivity contribution < 1.29 is 13.2 Å². The number of carbonyl (C=O) groups excluding carboxylic acids is 1. The van der Waals surface area contributed by atoms with Crippen molar-refractivity contribution in [1.29, 1.82) is 0 Å². The molecule has 3 aromatic rings. The number of hydrogen-bond acceptors (Lipinski definition) is 3. The van der Waals surface area contributed by atoms with E-state index in [0.29, 0.717) is 11.3 Å². The van der Waals surface area contributed by atoms with Crippen molar-refractivity contribution in [3.8, 4) is 0 Å². The van der Waals surface area contributed by atoms with Crippen molar-refractivity contribution in [2.45, 2.75) is 56.9 Å². The van der Waals surface area contributed by atoms with Gasteiger partial charge in [-0.15, -0.1) is 0 Å². The summed E-state index contributed by atoms with van der Waals surface area (Å²) < 4.78 is 27.4. The second-order valence-corrected chi connectivity index (χ2v) is 11.0. The molecule has 178 valence electrons. The van der Waals surface area contributed by atoms with Crippen LogP contribution in [0.5, 0.6) is 0 Å². The average molecular weight is 477 g/mol. The molecular weight excluding hydrogens is 444 g/mol. The number of fused-ring (bicyclic) bond motifs is 1. The molecular formula is C28H32N2O3S. The SMILES string of the molecule is CC[C@@H](NC(=O)c1cccc(N(C)S(=O)(=O)c2ccc(C)cc2)c1)c1ccc2c(c1)CCCC2. The first-order chi connectivity index (χ1) is 16.3. The van der Waals surface area contributed by atoms with Crippen LogP contribution in [-0.2, 0) is 22.9 Å². The van der Waals surface area contributed by atoms with Gasteiger partial charge < -0.3 is 5.32 Å². The van der Waals surface area contributed by atoms with Crippen molar-refractivity contribution >= 4 is 21.6 Å². The fraction of sp³-hybridized carbons (Fsp3) is 0.321. The van der Waals surface area contributed by atoms with Gasteiger partial charge in [0, 0.05) is 12.6 Å². The van der Waals surface area contributed by atoms with Gasteiger partial charge in [-0.25, -0.2) is 8.42 Å². The Labute approximate surface area is 202 Å². The number of amides is 1. The van der Waals surface area contributed by atoms with E-state index >= 15 is 0 Å². The highest BCUT2D eigenvalue weighted by atomic mass is 32.2. The molecule has 6 heteroatoms. The quantitative estimate of drug-likeness (QED) is 0.484. The monoisotopic (exact) mass is 476 g/mol. The number of nitrogens with zero attached hydrogens (tertiary/aromatic N) is 1. The Bertz CT molecular complexity index is 1280. The molecule has 1 amide bonds. The first-order valence-corrected chi connectivity index (χ1v) is 13.3. The van der Waals surface area contributed by atoms with Crippen molar-refractivity contribution in [2.75, 3.05) is 11.4 Å². The summed E-state index contributed by atoms with van der Waals surface area (Å²) in [4.78, 5) is 13.3. The van der Waals surface area contributed by atoms with Crippen LogP contribution in [0.15, 0.2) is 71.6 Å². The largest absolute Gasteiger partial charge is 0.345 e. The minimum atomic E-state index is -3.73. The molecule has 1 aliphatic carbocycles. The lowest BCUT2D eigenvalue weighted by Crippen LogP contribution is -2.29. The minimum Gasteiger partial charge on any atom is -0.345 e. The smallest absolute Gasteiger partial charge is 0.264 e. The number of sulfonamides is 1. The molecule has 34 heavy (non-hydrogen) atoms. The van der Waals surface area contributed by atoms with Crippen LogP contribution in [0.25, 0.3) is 0 Å². The number of nitrogens with one attached hydrogen (secondary N) is 1. The molecule has 4 rings (SSSR count). The first kappa shape index (κ1) is 24.0. The number of aryl methyl sites for hydroxylation is 3. The molecule has 1 aliphatic rings. The van der Waals surface area contributed by atoms with Gasteiger partial charge >= 0.3 is 0 Å². The van der Waals surface area contributed by atoms with Crippen LogP contribution in [0, 0.1) is 6.92 Å². The Kier molecular flexibility index (Phi) is 7.08. The van der Waals surface area contributed by atoms with E-state index in [1.165, 1.54) is 35.3 Å².